The molecule has 1 heterocycles. The van der Waals surface area contributed by atoms with Crippen LogP contribution in [0.5, 0.6) is 11.5 Å². The van der Waals surface area contributed by atoms with Crippen LogP contribution in [0.3, 0.4) is 0 Å². The number of nitrogens with zero attached hydrogens (tertiary/aromatic N) is 1. The SMILES string of the molecule is COc1cc2cc(-c3cccc(C(C)(C)C)c3)nc(C)c2cc1OC. The highest BCUT2D eigenvalue weighted by atomic mass is 16.5. The second-order valence-corrected chi connectivity index (χ2v) is 7.35. The molecule has 3 rings (SSSR count). The van der Waals surface area contributed by atoms with E-state index in [4.69, 9.17) is 14.5 Å². The number of hydrogen-bond donors (Lipinski definition) is 0. The number of pyridine rings is 1. The van der Waals surface area contributed by atoms with Gasteiger partial charge >= 0.3 is 0 Å². The normalized spacial score (nSPS) is 11.6. The number of aryl methyl sites for hydroxylation is 1. The Morgan fingerprint density at radius 1 is 0.880 bits per heavy atom. The van der Waals surface area contributed by atoms with E-state index in [1.807, 2.05) is 19.1 Å². The zero-order valence-electron chi connectivity index (χ0n) is 15.8. The summed E-state index contributed by atoms with van der Waals surface area (Å²) in [6.45, 7) is 8.71. The molecule has 25 heavy (non-hydrogen) atoms. The highest BCUT2D eigenvalue weighted by molar-refractivity contribution is 5.90. The summed E-state index contributed by atoms with van der Waals surface area (Å²) in [5.41, 5.74) is 4.50. The number of aromatic nitrogens is 1. The summed E-state index contributed by atoms with van der Waals surface area (Å²) >= 11 is 0. The number of hydrogen-bond acceptors (Lipinski definition) is 3. The van der Waals surface area contributed by atoms with Crippen LogP contribution >= 0.6 is 0 Å². The molecule has 1 aromatic heterocycles. The summed E-state index contributed by atoms with van der Waals surface area (Å²) in [5.74, 6) is 1.46. The second kappa shape index (κ2) is 6.40. The Labute approximate surface area is 149 Å². The lowest BCUT2D eigenvalue weighted by Crippen LogP contribution is -2.10. The van der Waals surface area contributed by atoms with Gasteiger partial charge in [0.15, 0.2) is 11.5 Å². The molecule has 3 nitrogen and oxygen atoms in total. The molecule has 0 saturated carbocycles. The third-order valence-electron chi connectivity index (χ3n) is 4.55. The maximum Gasteiger partial charge on any atom is 0.161 e. The predicted octanol–water partition coefficient (Wildman–Crippen LogP) is 5.52. The fourth-order valence-electron chi connectivity index (χ4n) is 3.04. The summed E-state index contributed by atoms with van der Waals surface area (Å²) in [6, 6.07) is 14.7. The molecule has 0 bridgehead atoms. The van der Waals surface area contributed by atoms with E-state index in [0.29, 0.717) is 0 Å². The van der Waals surface area contributed by atoms with Gasteiger partial charge in [-0.05, 0) is 47.6 Å². The van der Waals surface area contributed by atoms with Crippen LogP contribution in [-0.4, -0.2) is 19.2 Å². The smallest absolute Gasteiger partial charge is 0.161 e. The molecule has 2 aromatic carbocycles. The third kappa shape index (κ3) is 3.32. The van der Waals surface area contributed by atoms with E-state index >= 15 is 0 Å². The van der Waals surface area contributed by atoms with Gasteiger partial charge in [0.25, 0.3) is 0 Å². The molecule has 0 fully saturated rings. The lowest BCUT2D eigenvalue weighted by Gasteiger charge is -2.20. The van der Waals surface area contributed by atoms with Crippen molar-refractivity contribution in [2.24, 2.45) is 0 Å². The molecule has 3 heteroatoms. The number of rotatable bonds is 3. The Morgan fingerprint density at radius 3 is 2.20 bits per heavy atom. The van der Waals surface area contributed by atoms with E-state index in [0.717, 1.165) is 39.2 Å². The summed E-state index contributed by atoms with van der Waals surface area (Å²) in [6.07, 6.45) is 0. The largest absolute Gasteiger partial charge is 0.493 e. The fraction of sp³-hybridized carbons (Fsp3) is 0.318. The molecule has 0 amide bonds. The first kappa shape index (κ1) is 17.3. The molecule has 0 aliphatic carbocycles. The van der Waals surface area contributed by atoms with Gasteiger partial charge in [-0.25, -0.2) is 0 Å². The van der Waals surface area contributed by atoms with E-state index in [1.54, 1.807) is 14.2 Å². The third-order valence-corrected chi connectivity index (χ3v) is 4.55. The van der Waals surface area contributed by atoms with Gasteiger partial charge in [-0.1, -0.05) is 39.0 Å². The van der Waals surface area contributed by atoms with Crippen LogP contribution in [0, 0.1) is 6.92 Å². The highest BCUT2D eigenvalue weighted by Crippen LogP contribution is 2.35. The van der Waals surface area contributed by atoms with Gasteiger partial charge in [0.2, 0.25) is 0 Å². The average Bonchev–Trinajstić information content (AvgIpc) is 2.60. The minimum atomic E-state index is 0.110. The van der Waals surface area contributed by atoms with Crippen molar-refractivity contribution >= 4 is 10.8 Å². The van der Waals surface area contributed by atoms with Crippen molar-refractivity contribution < 1.29 is 9.47 Å². The van der Waals surface area contributed by atoms with Gasteiger partial charge in [0.1, 0.15) is 0 Å². The van der Waals surface area contributed by atoms with Crippen molar-refractivity contribution in [3.63, 3.8) is 0 Å². The van der Waals surface area contributed by atoms with Crippen LogP contribution in [0.2, 0.25) is 0 Å². The maximum atomic E-state index is 5.45. The summed E-state index contributed by atoms with van der Waals surface area (Å²) < 4.78 is 10.9. The number of fused-ring (bicyclic) bond motifs is 1. The molecule has 0 aliphatic heterocycles. The monoisotopic (exact) mass is 335 g/mol. The van der Waals surface area contributed by atoms with Crippen LogP contribution < -0.4 is 9.47 Å². The van der Waals surface area contributed by atoms with Crippen LogP contribution in [0.1, 0.15) is 32.0 Å². The van der Waals surface area contributed by atoms with Gasteiger partial charge < -0.3 is 9.47 Å². The minimum absolute atomic E-state index is 0.110. The average molecular weight is 335 g/mol. The van der Waals surface area contributed by atoms with Crippen LogP contribution in [-0.2, 0) is 5.41 Å². The lowest BCUT2D eigenvalue weighted by molar-refractivity contribution is 0.356. The first-order chi connectivity index (χ1) is 11.8. The van der Waals surface area contributed by atoms with E-state index < -0.39 is 0 Å². The van der Waals surface area contributed by atoms with E-state index in [-0.39, 0.29) is 5.41 Å². The van der Waals surface area contributed by atoms with E-state index in [1.165, 1.54) is 5.56 Å². The van der Waals surface area contributed by atoms with Crippen molar-refractivity contribution in [2.75, 3.05) is 14.2 Å². The number of ether oxygens (including phenoxy) is 2. The number of benzene rings is 2. The van der Waals surface area contributed by atoms with Gasteiger partial charge in [-0.2, -0.15) is 0 Å². The first-order valence-electron chi connectivity index (χ1n) is 8.48. The molecular weight excluding hydrogens is 310 g/mol. The van der Waals surface area contributed by atoms with Gasteiger partial charge in [-0.15, -0.1) is 0 Å². The summed E-state index contributed by atoms with van der Waals surface area (Å²) in [5, 5.41) is 2.18. The second-order valence-electron chi connectivity index (χ2n) is 7.35. The molecule has 0 N–H and O–H groups in total. The minimum Gasteiger partial charge on any atom is -0.493 e. The molecule has 0 saturated heterocycles. The standard InChI is InChI=1S/C22H25NO2/c1-14-18-13-21(25-6)20(24-5)12-16(18)11-19(23-14)15-8-7-9-17(10-15)22(2,3)4/h7-13H,1-6H3. The van der Waals surface area contributed by atoms with Crippen molar-refractivity contribution in [3.05, 3.63) is 53.7 Å². The molecule has 0 atom stereocenters. The van der Waals surface area contributed by atoms with Crippen LogP contribution in [0.4, 0.5) is 0 Å². The Bertz CT molecular complexity index is 923. The summed E-state index contributed by atoms with van der Waals surface area (Å²) in [7, 11) is 3.31. The summed E-state index contributed by atoms with van der Waals surface area (Å²) in [4.78, 5) is 4.83. The van der Waals surface area contributed by atoms with E-state index in [2.05, 4.69) is 51.1 Å². The Morgan fingerprint density at radius 2 is 1.56 bits per heavy atom. The zero-order valence-corrected chi connectivity index (χ0v) is 15.8. The zero-order chi connectivity index (χ0) is 18.2. The fourth-order valence-corrected chi connectivity index (χ4v) is 3.04. The van der Waals surface area contributed by atoms with Crippen molar-refractivity contribution in [1.29, 1.82) is 0 Å². The predicted molar refractivity (Wildman–Crippen MR) is 104 cm³/mol. The molecule has 0 aliphatic rings. The van der Waals surface area contributed by atoms with E-state index in [9.17, 15) is 0 Å². The molecule has 0 spiro atoms. The van der Waals surface area contributed by atoms with Crippen LogP contribution in [0.25, 0.3) is 22.0 Å². The molecule has 3 aromatic rings. The lowest BCUT2D eigenvalue weighted by atomic mass is 9.86. The molecule has 0 radical (unpaired) electrons. The Kier molecular flexibility index (Phi) is 4.42. The molecule has 0 unspecified atom stereocenters. The molecular formula is C22H25NO2. The number of methoxy groups -OCH3 is 2. The molecule has 130 valence electrons. The van der Waals surface area contributed by atoms with Gasteiger partial charge in [0, 0.05) is 16.6 Å². The Hall–Kier alpha value is -2.55. The van der Waals surface area contributed by atoms with Gasteiger partial charge in [-0.3, -0.25) is 4.98 Å². The van der Waals surface area contributed by atoms with Gasteiger partial charge in [0.05, 0.1) is 19.9 Å². The van der Waals surface area contributed by atoms with Crippen molar-refractivity contribution in [1.82, 2.24) is 4.98 Å². The van der Waals surface area contributed by atoms with Crippen molar-refractivity contribution in [3.8, 4) is 22.8 Å². The highest BCUT2D eigenvalue weighted by Gasteiger charge is 2.15. The first-order valence-corrected chi connectivity index (χ1v) is 8.48. The maximum absolute atomic E-state index is 5.45. The van der Waals surface area contributed by atoms with Crippen LogP contribution in [0.15, 0.2) is 42.5 Å². The topological polar surface area (TPSA) is 31.4 Å². The quantitative estimate of drug-likeness (QED) is 0.631. The Balaban J connectivity index is 2.18. The van der Waals surface area contributed by atoms with Crippen molar-refractivity contribution in [2.45, 2.75) is 33.1 Å².